The van der Waals surface area contributed by atoms with Gasteiger partial charge in [-0.3, -0.25) is 9.59 Å². The molecule has 1 aromatic carbocycles. The van der Waals surface area contributed by atoms with E-state index in [1.54, 1.807) is 6.92 Å². The number of nitrogens with zero attached hydrogens (tertiary/aromatic N) is 1. The van der Waals surface area contributed by atoms with E-state index in [4.69, 9.17) is 4.74 Å². The third-order valence-corrected chi connectivity index (χ3v) is 5.21. The van der Waals surface area contributed by atoms with E-state index in [2.05, 4.69) is 10.3 Å². The fourth-order valence-electron chi connectivity index (χ4n) is 4.01. The number of ether oxygens (including phenoxy) is 1. The van der Waals surface area contributed by atoms with Crippen LogP contribution >= 0.6 is 0 Å². The van der Waals surface area contributed by atoms with Crippen molar-refractivity contribution in [1.82, 2.24) is 15.2 Å². The Balaban J connectivity index is 1.59. The van der Waals surface area contributed by atoms with Crippen LogP contribution in [0.1, 0.15) is 25.3 Å². The molecule has 26 heavy (non-hydrogen) atoms. The number of H-pyrrole nitrogens is 1. The van der Waals surface area contributed by atoms with Gasteiger partial charge in [-0.1, -0.05) is 18.2 Å². The molecule has 2 N–H and O–H groups in total. The number of para-hydroxylation sites is 1. The van der Waals surface area contributed by atoms with Gasteiger partial charge in [-0.15, -0.1) is 0 Å². The Hall–Kier alpha value is -2.83. The predicted octanol–water partition coefficient (Wildman–Crippen LogP) is 1.13. The molecule has 2 aliphatic heterocycles. The van der Waals surface area contributed by atoms with E-state index >= 15 is 0 Å². The summed E-state index contributed by atoms with van der Waals surface area (Å²) in [6.07, 6.45) is 3.19. The van der Waals surface area contributed by atoms with E-state index in [0.29, 0.717) is 19.3 Å². The molecule has 1 aromatic heterocycles. The molecule has 0 bridgehead atoms. The Bertz CT molecular complexity index is 875. The van der Waals surface area contributed by atoms with E-state index in [-0.39, 0.29) is 18.4 Å². The molecular formula is C19H21N3O4. The maximum absolute atomic E-state index is 13.0. The lowest BCUT2D eigenvalue weighted by molar-refractivity contribution is -0.159. The van der Waals surface area contributed by atoms with Crippen molar-refractivity contribution in [3.8, 4) is 0 Å². The zero-order chi connectivity index (χ0) is 18.3. The molecule has 3 atom stereocenters. The van der Waals surface area contributed by atoms with Crippen LogP contribution in [-0.4, -0.2) is 52.4 Å². The number of aromatic amines is 1. The number of rotatable bonds is 4. The summed E-state index contributed by atoms with van der Waals surface area (Å²) < 4.78 is 5.09. The number of aromatic nitrogens is 1. The van der Waals surface area contributed by atoms with Gasteiger partial charge < -0.3 is 19.9 Å². The van der Waals surface area contributed by atoms with Gasteiger partial charge in [0.25, 0.3) is 0 Å². The Morgan fingerprint density at radius 3 is 2.88 bits per heavy atom. The van der Waals surface area contributed by atoms with Crippen molar-refractivity contribution in [3.05, 3.63) is 36.0 Å². The summed E-state index contributed by atoms with van der Waals surface area (Å²) in [5.41, 5.74) is 1.95. The van der Waals surface area contributed by atoms with Crippen molar-refractivity contribution in [2.24, 2.45) is 0 Å². The molecule has 2 aromatic rings. The molecule has 2 amide bonds. The van der Waals surface area contributed by atoms with Crippen LogP contribution in [0.4, 0.5) is 0 Å². The van der Waals surface area contributed by atoms with E-state index in [1.165, 1.54) is 4.90 Å². The van der Waals surface area contributed by atoms with Gasteiger partial charge in [0.2, 0.25) is 11.8 Å². The van der Waals surface area contributed by atoms with Crippen LogP contribution in [-0.2, 0) is 25.5 Å². The van der Waals surface area contributed by atoms with E-state index in [1.807, 2.05) is 30.5 Å². The van der Waals surface area contributed by atoms with Crippen LogP contribution in [0.15, 0.2) is 30.5 Å². The molecule has 2 aliphatic rings. The minimum Gasteiger partial charge on any atom is -0.464 e. The lowest BCUT2D eigenvalue weighted by atomic mass is 10.0. The van der Waals surface area contributed by atoms with Gasteiger partial charge in [0.15, 0.2) is 0 Å². The second kappa shape index (κ2) is 6.48. The smallest absolute Gasteiger partial charge is 0.328 e. The zero-order valence-corrected chi connectivity index (χ0v) is 14.5. The highest BCUT2D eigenvalue weighted by Crippen LogP contribution is 2.30. The van der Waals surface area contributed by atoms with Crippen molar-refractivity contribution in [1.29, 1.82) is 0 Å². The van der Waals surface area contributed by atoms with Crippen LogP contribution in [0.2, 0.25) is 0 Å². The number of piperazine rings is 1. The first-order chi connectivity index (χ1) is 12.6. The molecule has 0 unspecified atom stereocenters. The second-order valence-corrected chi connectivity index (χ2v) is 6.73. The third-order valence-electron chi connectivity index (χ3n) is 5.21. The van der Waals surface area contributed by atoms with Gasteiger partial charge in [-0.05, 0) is 31.4 Å². The van der Waals surface area contributed by atoms with E-state index < -0.39 is 24.1 Å². The van der Waals surface area contributed by atoms with Gasteiger partial charge in [0.05, 0.1) is 6.61 Å². The van der Waals surface area contributed by atoms with Crippen LogP contribution in [0, 0.1) is 0 Å². The van der Waals surface area contributed by atoms with Crippen molar-refractivity contribution in [2.45, 2.75) is 44.3 Å². The summed E-state index contributed by atoms with van der Waals surface area (Å²) >= 11 is 0. The molecule has 7 heteroatoms. The number of hydrogen-bond donors (Lipinski definition) is 2. The van der Waals surface area contributed by atoms with E-state index in [0.717, 1.165) is 16.5 Å². The Morgan fingerprint density at radius 2 is 2.08 bits per heavy atom. The summed E-state index contributed by atoms with van der Waals surface area (Å²) in [4.78, 5) is 42.3. The molecule has 136 valence electrons. The Labute approximate surface area is 150 Å². The SMILES string of the molecule is CCOC(=O)[C@H]1CC[C@@H]2C(=O)N[C@H](Cc3c[nH]c4ccccc34)C(=O)N21. The summed E-state index contributed by atoms with van der Waals surface area (Å²) in [5.74, 6) is -0.833. The second-order valence-electron chi connectivity index (χ2n) is 6.73. The normalized spacial score (nSPS) is 25.3. The molecule has 3 heterocycles. The summed E-state index contributed by atoms with van der Waals surface area (Å²) in [5, 5.41) is 3.86. The van der Waals surface area contributed by atoms with E-state index in [9.17, 15) is 14.4 Å². The van der Waals surface area contributed by atoms with Crippen LogP contribution in [0.5, 0.6) is 0 Å². The molecular weight excluding hydrogens is 334 g/mol. The maximum atomic E-state index is 13.0. The number of hydrogen-bond acceptors (Lipinski definition) is 4. The van der Waals surface area contributed by atoms with Gasteiger partial charge in [-0.25, -0.2) is 4.79 Å². The number of carbonyl (C=O) groups excluding carboxylic acids is 3. The molecule has 4 rings (SSSR count). The fraction of sp³-hybridized carbons (Fsp3) is 0.421. The minimum absolute atomic E-state index is 0.193. The average molecular weight is 355 g/mol. The number of fused-ring (bicyclic) bond motifs is 2. The van der Waals surface area contributed by atoms with Crippen molar-refractivity contribution in [3.63, 3.8) is 0 Å². The van der Waals surface area contributed by atoms with Gasteiger partial charge in [-0.2, -0.15) is 0 Å². The molecule has 2 saturated heterocycles. The molecule has 7 nitrogen and oxygen atoms in total. The number of esters is 1. The summed E-state index contributed by atoms with van der Waals surface area (Å²) in [7, 11) is 0. The lowest BCUT2D eigenvalue weighted by Gasteiger charge is -2.37. The first-order valence-electron chi connectivity index (χ1n) is 8.94. The standard InChI is InChI=1S/C19H21N3O4/c1-2-26-19(25)16-8-7-15-17(23)21-14(18(24)22(15)16)9-11-10-20-13-6-4-3-5-12(11)13/h3-6,10,14-16,20H,2,7-9H2,1H3,(H,21,23)/t14-,15-,16-/m1/s1. The summed E-state index contributed by atoms with van der Waals surface area (Å²) in [6, 6.07) is 5.92. The first-order valence-corrected chi connectivity index (χ1v) is 8.94. The number of nitrogens with one attached hydrogen (secondary N) is 2. The highest BCUT2D eigenvalue weighted by atomic mass is 16.5. The fourth-order valence-corrected chi connectivity index (χ4v) is 4.01. The number of benzene rings is 1. The summed E-state index contributed by atoms with van der Waals surface area (Å²) in [6.45, 7) is 1.99. The van der Waals surface area contributed by atoms with Gasteiger partial charge >= 0.3 is 5.97 Å². The van der Waals surface area contributed by atoms with Crippen molar-refractivity contribution in [2.75, 3.05) is 6.61 Å². The molecule has 0 spiro atoms. The molecule has 0 aliphatic carbocycles. The molecule has 0 radical (unpaired) electrons. The van der Waals surface area contributed by atoms with Crippen molar-refractivity contribution < 1.29 is 19.1 Å². The zero-order valence-electron chi connectivity index (χ0n) is 14.5. The van der Waals surface area contributed by atoms with Crippen LogP contribution in [0.25, 0.3) is 10.9 Å². The van der Waals surface area contributed by atoms with Crippen LogP contribution < -0.4 is 5.32 Å². The molecule has 2 fully saturated rings. The lowest BCUT2D eigenvalue weighted by Crippen LogP contribution is -2.64. The largest absolute Gasteiger partial charge is 0.464 e. The highest BCUT2D eigenvalue weighted by molar-refractivity contribution is 6.00. The number of carbonyl (C=O) groups is 3. The van der Waals surface area contributed by atoms with Crippen LogP contribution in [0.3, 0.4) is 0 Å². The highest BCUT2D eigenvalue weighted by Gasteiger charge is 2.50. The Morgan fingerprint density at radius 1 is 1.27 bits per heavy atom. The average Bonchev–Trinajstić information content (AvgIpc) is 3.25. The van der Waals surface area contributed by atoms with Gasteiger partial charge in [0.1, 0.15) is 18.1 Å². The maximum Gasteiger partial charge on any atom is 0.328 e. The monoisotopic (exact) mass is 355 g/mol. The first kappa shape index (κ1) is 16.6. The quantitative estimate of drug-likeness (QED) is 0.805. The predicted molar refractivity (Wildman–Crippen MR) is 94.2 cm³/mol. The third kappa shape index (κ3) is 2.64. The van der Waals surface area contributed by atoms with Crippen molar-refractivity contribution >= 4 is 28.7 Å². The number of amides is 2. The van der Waals surface area contributed by atoms with Gasteiger partial charge in [0, 0.05) is 23.5 Å². The Kier molecular flexibility index (Phi) is 4.14. The minimum atomic E-state index is -0.673. The molecule has 0 saturated carbocycles. The topological polar surface area (TPSA) is 91.5 Å².